The highest BCUT2D eigenvalue weighted by atomic mass is 16.4. The molecular weight excluding hydrogens is 264 g/mol. The Kier molecular flexibility index (Phi) is 14.7. The Balaban J connectivity index is 3.29. The van der Waals surface area contributed by atoms with Crippen molar-refractivity contribution in [1.82, 2.24) is 0 Å². The standard InChI is InChI=1S/C18H34O3/c1-2-3-4-5-8-11-14-17(19)15-12-9-6-7-10-13-16-18(20)21/h15,19H,2-14,16H2,1H3,(H,20,21)/b17-15+. The molecule has 0 radical (unpaired) electrons. The zero-order chi connectivity index (χ0) is 15.8. The summed E-state index contributed by atoms with van der Waals surface area (Å²) in [7, 11) is 0. The average molecular weight is 298 g/mol. The van der Waals surface area contributed by atoms with Crippen molar-refractivity contribution in [1.29, 1.82) is 0 Å². The molecule has 0 rings (SSSR count). The maximum absolute atomic E-state index is 10.3. The van der Waals surface area contributed by atoms with Crippen molar-refractivity contribution in [2.45, 2.75) is 96.8 Å². The summed E-state index contributed by atoms with van der Waals surface area (Å²) >= 11 is 0. The number of aliphatic hydroxyl groups excluding tert-OH is 1. The van der Waals surface area contributed by atoms with Crippen LogP contribution in [0.4, 0.5) is 0 Å². The minimum absolute atomic E-state index is 0.291. The summed E-state index contributed by atoms with van der Waals surface area (Å²) in [5, 5.41) is 18.3. The maximum atomic E-state index is 10.3. The summed E-state index contributed by atoms with van der Waals surface area (Å²) in [4.78, 5) is 10.3. The van der Waals surface area contributed by atoms with Crippen LogP contribution in [0.3, 0.4) is 0 Å². The molecule has 3 nitrogen and oxygen atoms in total. The summed E-state index contributed by atoms with van der Waals surface area (Å²) in [5.41, 5.74) is 0. The Morgan fingerprint density at radius 3 is 1.90 bits per heavy atom. The predicted octanol–water partition coefficient (Wildman–Crippen LogP) is 5.99. The first-order valence-electron chi connectivity index (χ1n) is 8.76. The number of rotatable bonds is 15. The summed E-state index contributed by atoms with van der Waals surface area (Å²) < 4.78 is 0. The van der Waals surface area contributed by atoms with Gasteiger partial charge in [0, 0.05) is 12.8 Å². The molecule has 0 aromatic rings. The molecule has 0 atom stereocenters. The monoisotopic (exact) mass is 298 g/mol. The third-order valence-electron chi connectivity index (χ3n) is 3.76. The van der Waals surface area contributed by atoms with Gasteiger partial charge in [0.2, 0.25) is 0 Å². The molecule has 0 aliphatic rings. The van der Waals surface area contributed by atoms with Crippen molar-refractivity contribution in [2.24, 2.45) is 0 Å². The number of carbonyl (C=O) groups is 1. The fraction of sp³-hybridized carbons (Fsp3) is 0.833. The fourth-order valence-corrected chi connectivity index (χ4v) is 2.41. The number of carboxylic acid groups (broad SMARTS) is 1. The molecule has 0 unspecified atom stereocenters. The van der Waals surface area contributed by atoms with E-state index in [1.807, 2.05) is 6.08 Å². The first-order valence-corrected chi connectivity index (χ1v) is 8.76. The summed E-state index contributed by atoms with van der Waals surface area (Å²) in [6.07, 6.45) is 16.7. The van der Waals surface area contributed by atoms with Gasteiger partial charge >= 0.3 is 5.97 Å². The number of aliphatic hydroxyl groups is 1. The smallest absolute Gasteiger partial charge is 0.303 e. The topological polar surface area (TPSA) is 57.5 Å². The van der Waals surface area contributed by atoms with Crippen LogP contribution in [-0.2, 0) is 4.79 Å². The van der Waals surface area contributed by atoms with Gasteiger partial charge in [-0.3, -0.25) is 4.79 Å². The Hall–Kier alpha value is -0.990. The Labute approximate surface area is 130 Å². The van der Waals surface area contributed by atoms with Crippen LogP contribution in [-0.4, -0.2) is 16.2 Å². The van der Waals surface area contributed by atoms with Crippen molar-refractivity contribution in [3.8, 4) is 0 Å². The molecule has 0 aliphatic carbocycles. The van der Waals surface area contributed by atoms with E-state index in [-0.39, 0.29) is 0 Å². The number of hydrogen-bond donors (Lipinski definition) is 2. The second-order valence-electron chi connectivity index (χ2n) is 5.91. The predicted molar refractivity (Wildman–Crippen MR) is 88.7 cm³/mol. The lowest BCUT2D eigenvalue weighted by atomic mass is 10.1. The van der Waals surface area contributed by atoms with Crippen LogP contribution in [0, 0.1) is 0 Å². The van der Waals surface area contributed by atoms with E-state index in [0.717, 1.165) is 51.4 Å². The van der Waals surface area contributed by atoms with Gasteiger partial charge < -0.3 is 10.2 Å². The second-order valence-corrected chi connectivity index (χ2v) is 5.91. The molecule has 0 saturated carbocycles. The minimum Gasteiger partial charge on any atom is -0.513 e. The van der Waals surface area contributed by atoms with Crippen LogP contribution < -0.4 is 0 Å². The Bertz CT molecular complexity index is 272. The molecule has 3 heteroatoms. The SMILES string of the molecule is CCCCCCCC/C(O)=C\CCCCCCCC(=O)O. The number of carboxylic acids is 1. The average Bonchev–Trinajstić information content (AvgIpc) is 2.45. The third kappa shape index (κ3) is 17.0. The van der Waals surface area contributed by atoms with E-state index in [9.17, 15) is 9.90 Å². The van der Waals surface area contributed by atoms with Gasteiger partial charge in [0.1, 0.15) is 0 Å². The number of aliphatic carboxylic acids is 1. The largest absolute Gasteiger partial charge is 0.513 e. The normalized spacial score (nSPS) is 11.8. The van der Waals surface area contributed by atoms with Crippen molar-refractivity contribution < 1.29 is 15.0 Å². The first-order chi connectivity index (χ1) is 10.2. The zero-order valence-corrected chi connectivity index (χ0v) is 13.8. The van der Waals surface area contributed by atoms with Crippen molar-refractivity contribution in [3.63, 3.8) is 0 Å². The number of allylic oxidation sites excluding steroid dienone is 2. The molecule has 0 spiro atoms. The van der Waals surface area contributed by atoms with Gasteiger partial charge in [0.15, 0.2) is 0 Å². The Morgan fingerprint density at radius 2 is 1.29 bits per heavy atom. The van der Waals surface area contributed by atoms with Crippen molar-refractivity contribution >= 4 is 5.97 Å². The van der Waals surface area contributed by atoms with E-state index < -0.39 is 5.97 Å². The minimum atomic E-state index is -0.697. The molecule has 2 N–H and O–H groups in total. The molecular formula is C18H34O3. The molecule has 0 aromatic carbocycles. The number of unbranched alkanes of at least 4 members (excludes halogenated alkanes) is 10. The van der Waals surface area contributed by atoms with Gasteiger partial charge in [-0.05, 0) is 31.8 Å². The van der Waals surface area contributed by atoms with Gasteiger partial charge in [0.25, 0.3) is 0 Å². The molecule has 124 valence electrons. The van der Waals surface area contributed by atoms with Crippen LogP contribution in [0.25, 0.3) is 0 Å². The van der Waals surface area contributed by atoms with Crippen LogP contribution in [0.1, 0.15) is 96.8 Å². The van der Waals surface area contributed by atoms with E-state index in [4.69, 9.17) is 5.11 Å². The van der Waals surface area contributed by atoms with Crippen molar-refractivity contribution in [2.75, 3.05) is 0 Å². The van der Waals surface area contributed by atoms with Crippen LogP contribution in [0.5, 0.6) is 0 Å². The van der Waals surface area contributed by atoms with Gasteiger partial charge in [-0.15, -0.1) is 0 Å². The molecule has 0 aliphatic heterocycles. The highest BCUT2D eigenvalue weighted by Crippen LogP contribution is 2.12. The highest BCUT2D eigenvalue weighted by molar-refractivity contribution is 5.66. The van der Waals surface area contributed by atoms with E-state index in [2.05, 4.69) is 6.92 Å². The lowest BCUT2D eigenvalue weighted by Crippen LogP contribution is -1.93. The van der Waals surface area contributed by atoms with Gasteiger partial charge in [-0.2, -0.15) is 0 Å². The maximum Gasteiger partial charge on any atom is 0.303 e. The van der Waals surface area contributed by atoms with Gasteiger partial charge in [-0.25, -0.2) is 0 Å². The summed E-state index contributed by atoms with van der Waals surface area (Å²) in [5.74, 6) is -0.145. The summed E-state index contributed by atoms with van der Waals surface area (Å²) in [6, 6.07) is 0. The lowest BCUT2D eigenvalue weighted by molar-refractivity contribution is -0.137. The van der Waals surface area contributed by atoms with Gasteiger partial charge in [0.05, 0.1) is 5.76 Å². The van der Waals surface area contributed by atoms with E-state index in [1.165, 1.54) is 32.1 Å². The van der Waals surface area contributed by atoms with Crippen LogP contribution >= 0.6 is 0 Å². The zero-order valence-electron chi connectivity index (χ0n) is 13.8. The highest BCUT2D eigenvalue weighted by Gasteiger charge is 1.97. The quantitative estimate of drug-likeness (QED) is 0.288. The second kappa shape index (κ2) is 15.4. The van der Waals surface area contributed by atoms with Crippen LogP contribution in [0.2, 0.25) is 0 Å². The van der Waals surface area contributed by atoms with Gasteiger partial charge in [-0.1, -0.05) is 58.3 Å². The molecule has 21 heavy (non-hydrogen) atoms. The first kappa shape index (κ1) is 20.0. The molecule has 0 bridgehead atoms. The lowest BCUT2D eigenvalue weighted by Gasteiger charge is -2.02. The van der Waals surface area contributed by atoms with E-state index in [0.29, 0.717) is 12.2 Å². The molecule has 0 amide bonds. The van der Waals surface area contributed by atoms with Crippen LogP contribution in [0.15, 0.2) is 11.8 Å². The molecule has 0 saturated heterocycles. The number of hydrogen-bond acceptors (Lipinski definition) is 2. The molecule has 0 aromatic heterocycles. The van der Waals surface area contributed by atoms with E-state index >= 15 is 0 Å². The molecule has 0 heterocycles. The molecule has 0 fully saturated rings. The van der Waals surface area contributed by atoms with Crippen molar-refractivity contribution in [3.05, 3.63) is 11.8 Å². The Morgan fingerprint density at radius 1 is 0.762 bits per heavy atom. The third-order valence-corrected chi connectivity index (χ3v) is 3.76. The summed E-state index contributed by atoms with van der Waals surface area (Å²) in [6.45, 7) is 2.22. The van der Waals surface area contributed by atoms with E-state index in [1.54, 1.807) is 0 Å². The fourth-order valence-electron chi connectivity index (χ4n) is 2.41.